The number of anilines is 1. The Hall–Kier alpha value is -2.25. The standard InChI is InChI=1S/C32H47N5O2/c1-23(38)21-34(2)27-17-18-35(22-27)31-32(39)37(30-16-9-8-15-29(30)33-31)28-19-25-13-10-14-26(20-28)36(25)24-11-6-4-3-5-7-12-24/h8-9,15-16,24-28H,3-7,10-14,17-22H2,1-2H3/t25-,26+,27-,28+/m0/s1. The predicted octanol–water partition coefficient (Wildman–Crippen LogP) is 5.17. The van der Waals surface area contributed by atoms with Crippen molar-refractivity contribution in [1.29, 1.82) is 0 Å². The molecule has 0 amide bonds. The Kier molecular flexibility index (Phi) is 8.08. The van der Waals surface area contributed by atoms with Crippen LogP contribution in [0.15, 0.2) is 29.1 Å². The average molecular weight is 534 g/mol. The summed E-state index contributed by atoms with van der Waals surface area (Å²) in [6.45, 7) is 3.65. The van der Waals surface area contributed by atoms with Gasteiger partial charge in [0.15, 0.2) is 5.82 Å². The molecule has 4 aliphatic rings. The topological polar surface area (TPSA) is 61.7 Å². The zero-order chi connectivity index (χ0) is 26.9. The minimum absolute atomic E-state index is 0.0750. The summed E-state index contributed by atoms with van der Waals surface area (Å²) in [5.74, 6) is 0.776. The van der Waals surface area contributed by atoms with Crippen LogP contribution >= 0.6 is 0 Å². The van der Waals surface area contributed by atoms with E-state index in [1.54, 1.807) is 6.92 Å². The van der Waals surface area contributed by atoms with E-state index in [-0.39, 0.29) is 23.4 Å². The van der Waals surface area contributed by atoms with E-state index < -0.39 is 0 Å². The van der Waals surface area contributed by atoms with Crippen LogP contribution in [0.4, 0.5) is 5.82 Å². The summed E-state index contributed by atoms with van der Waals surface area (Å²) in [4.78, 5) is 38.2. The van der Waals surface area contributed by atoms with Gasteiger partial charge in [0, 0.05) is 43.3 Å². The molecule has 0 N–H and O–H groups in total. The molecule has 212 valence electrons. The highest BCUT2D eigenvalue weighted by atomic mass is 16.1. The molecule has 1 aromatic carbocycles. The maximum absolute atomic E-state index is 14.3. The molecule has 4 atom stereocenters. The Morgan fingerprint density at radius 1 is 0.897 bits per heavy atom. The van der Waals surface area contributed by atoms with Crippen molar-refractivity contribution in [1.82, 2.24) is 19.4 Å². The monoisotopic (exact) mass is 533 g/mol. The number of ketones is 1. The van der Waals surface area contributed by atoms with Gasteiger partial charge in [-0.05, 0) is 71.0 Å². The van der Waals surface area contributed by atoms with Crippen molar-refractivity contribution in [2.45, 2.75) is 121 Å². The predicted molar refractivity (Wildman–Crippen MR) is 158 cm³/mol. The second kappa shape index (κ2) is 11.7. The first-order valence-electron chi connectivity index (χ1n) is 15.7. The van der Waals surface area contributed by atoms with Gasteiger partial charge in [0.2, 0.25) is 0 Å². The number of benzene rings is 1. The first-order chi connectivity index (χ1) is 19.0. The number of hydrogen-bond donors (Lipinski definition) is 0. The zero-order valence-corrected chi connectivity index (χ0v) is 24.1. The van der Waals surface area contributed by atoms with Gasteiger partial charge < -0.3 is 9.47 Å². The SMILES string of the molecule is CC(=O)CN(C)[C@H]1CCN(c2nc3ccccc3n([C@H]3C[C@H]4CCC[C@@H](C3)N4C3CCCCCCC3)c2=O)C1. The largest absolute Gasteiger partial charge is 0.350 e. The van der Waals surface area contributed by atoms with Crippen LogP contribution in [-0.4, -0.2) is 76.0 Å². The number of para-hydroxylation sites is 2. The zero-order valence-electron chi connectivity index (χ0n) is 24.1. The minimum Gasteiger partial charge on any atom is -0.350 e. The van der Waals surface area contributed by atoms with Gasteiger partial charge in [-0.2, -0.15) is 0 Å². The van der Waals surface area contributed by atoms with Crippen molar-refractivity contribution in [3.05, 3.63) is 34.6 Å². The van der Waals surface area contributed by atoms with Gasteiger partial charge in [-0.25, -0.2) is 4.98 Å². The molecular formula is C32H47N5O2. The second-order valence-corrected chi connectivity index (χ2v) is 12.9. The lowest BCUT2D eigenvalue weighted by Crippen LogP contribution is -2.57. The molecule has 4 fully saturated rings. The summed E-state index contributed by atoms with van der Waals surface area (Å²) in [5.41, 5.74) is 1.98. The van der Waals surface area contributed by atoms with Gasteiger partial charge in [-0.1, -0.05) is 50.7 Å². The van der Waals surface area contributed by atoms with Gasteiger partial charge in [-0.3, -0.25) is 19.4 Å². The number of carbonyl (C=O) groups excluding carboxylic acids is 1. The molecule has 0 spiro atoms. The van der Waals surface area contributed by atoms with Crippen LogP contribution in [0, 0.1) is 0 Å². The molecule has 7 heteroatoms. The number of nitrogens with zero attached hydrogens (tertiary/aromatic N) is 5. The highest BCUT2D eigenvalue weighted by Gasteiger charge is 2.43. The number of hydrogen-bond acceptors (Lipinski definition) is 6. The minimum atomic E-state index is 0.0750. The molecule has 2 bridgehead atoms. The quantitative estimate of drug-likeness (QED) is 0.511. The smallest absolute Gasteiger partial charge is 0.294 e. The second-order valence-electron chi connectivity index (χ2n) is 12.9. The lowest BCUT2D eigenvalue weighted by molar-refractivity contribution is -0.118. The Balaban J connectivity index is 1.29. The molecule has 4 heterocycles. The fourth-order valence-electron chi connectivity index (χ4n) is 8.41. The normalized spacial score (nSPS) is 29.1. The average Bonchev–Trinajstić information content (AvgIpc) is 3.38. The number of fused-ring (bicyclic) bond motifs is 3. The molecule has 1 aromatic heterocycles. The highest BCUT2D eigenvalue weighted by molar-refractivity contribution is 5.78. The van der Waals surface area contributed by atoms with Gasteiger partial charge in [0.05, 0.1) is 17.6 Å². The Morgan fingerprint density at radius 3 is 2.28 bits per heavy atom. The summed E-state index contributed by atoms with van der Waals surface area (Å²) in [7, 11) is 2.02. The molecular weight excluding hydrogens is 486 g/mol. The number of likely N-dealkylation sites (N-methyl/N-ethyl adjacent to an activating group) is 1. The van der Waals surface area contributed by atoms with E-state index in [1.807, 2.05) is 19.2 Å². The Bertz CT molecular complexity index is 1200. The number of piperidine rings is 2. The van der Waals surface area contributed by atoms with E-state index in [2.05, 4.69) is 31.4 Å². The van der Waals surface area contributed by atoms with Crippen molar-refractivity contribution < 1.29 is 4.79 Å². The van der Waals surface area contributed by atoms with E-state index >= 15 is 0 Å². The van der Waals surface area contributed by atoms with Crippen LogP contribution in [0.25, 0.3) is 11.0 Å². The molecule has 6 rings (SSSR count). The summed E-state index contributed by atoms with van der Waals surface area (Å²) < 4.78 is 2.14. The van der Waals surface area contributed by atoms with Crippen molar-refractivity contribution in [3.63, 3.8) is 0 Å². The third kappa shape index (κ3) is 5.54. The van der Waals surface area contributed by atoms with Crippen LogP contribution in [-0.2, 0) is 4.79 Å². The third-order valence-electron chi connectivity index (χ3n) is 10.2. The molecule has 39 heavy (non-hydrogen) atoms. The first kappa shape index (κ1) is 26.9. The lowest BCUT2D eigenvalue weighted by Gasteiger charge is -2.53. The van der Waals surface area contributed by atoms with Crippen LogP contribution in [0.2, 0.25) is 0 Å². The summed E-state index contributed by atoms with van der Waals surface area (Å²) in [6, 6.07) is 10.6. The van der Waals surface area contributed by atoms with E-state index in [4.69, 9.17) is 4.98 Å². The molecule has 1 aliphatic carbocycles. The van der Waals surface area contributed by atoms with Crippen molar-refractivity contribution >= 4 is 22.6 Å². The van der Waals surface area contributed by atoms with Gasteiger partial charge >= 0.3 is 0 Å². The third-order valence-corrected chi connectivity index (χ3v) is 10.2. The summed E-state index contributed by atoms with van der Waals surface area (Å²) in [6.07, 6.45) is 16.6. The lowest BCUT2D eigenvalue weighted by atomic mass is 9.79. The van der Waals surface area contributed by atoms with E-state index in [0.29, 0.717) is 24.4 Å². The van der Waals surface area contributed by atoms with Crippen LogP contribution in [0.1, 0.15) is 96.4 Å². The van der Waals surface area contributed by atoms with Gasteiger partial charge in [-0.15, -0.1) is 0 Å². The van der Waals surface area contributed by atoms with Crippen molar-refractivity contribution in [3.8, 4) is 0 Å². The molecule has 1 saturated carbocycles. The van der Waals surface area contributed by atoms with E-state index in [9.17, 15) is 9.59 Å². The maximum atomic E-state index is 14.3. The van der Waals surface area contributed by atoms with Gasteiger partial charge in [0.1, 0.15) is 5.78 Å². The molecule has 2 aromatic rings. The van der Waals surface area contributed by atoms with Crippen LogP contribution in [0.5, 0.6) is 0 Å². The van der Waals surface area contributed by atoms with E-state index in [0.717, 1.165) is 49.4 Å². The molecule has 0 unspecified atom stereocenters. The Labute approximate surface area is 233 Å². The number of rotatable bonds is 6. The fourth-order valence-corrected chi connectivity index (χ4v) is 8.41. The molecule has 7 nitrogen and oxygen atoms in total. The molecule has 3 aliphatic heterocycles. The van der Waals surface area contributed by atoms with Gasteiger partial charge in [0.25, 0.3) is 5.56 Å². The molecule has 3 saturated heterocycles. The first-order valence-corrected chi connectivity index (χ1v) is 15.7. The Morgan fingerprint density at radius 2 is 1.56 bits per heavy atom. The van der Waals surface area contributed by atoms with Crippen molar-refractivity contribution in [2.75, 3.05) is 31.6 Å². The maximum Gasteiger partial charge on any atom is 0.294 e. The highest BCUT2D eigenvalue weighted by Crippen LogP contribution is 2.43. The van der Waals surface area contributed by atoms with Crippen LogP contribution in [0.3, 0.4) is 0 Å². The van der Waals surface area contributed by atoms with Crippen molar-refractivity contribution in [2.24, 2.45) is 0 Å². The number of aromatic nitrogens is 2. The van der Waals surface area contributed by atoms with E-state index in [1.165, 1.54) is 64.2 Å². The van der Waals surface area contributed by atoms with Crippen LogP contribution < -0.4 is 10.5 Å². The fraction of sp³-hybridized carbons (Fsp3) is 0.719. The summed E-state index contributed by atoms with van der Waals surface area (Å²) in [5, 5.41) is 0. The number of carbonyl (C=O) groups is 1. The molecule has 0 radical (unpaired) electrons. The number of Topliss-reactive ketones (excluding diaryl/α,β-unsaturated/α-hetero) is 1. The summed E-state index contributed by atoms with van der Waals surface area (Å²) >= 11 is 0.